The molecule has 6 rings (SSSR count). The first-order chi connectivity index (χ1) is 16.6. The molecule has 6 atom stereocenters. The smallest absolute Gasteiger partial charge is 0.229 e. The SMILES string of the molecule is O=C(Cc1nnc(CCCCc2nnc(NC(=O)C3CC4CCC3C4)s2)s1)C1CC2CCC1C2. The molecule has 9 heteroatoms. The average molecular weight is 500 g/mol. The zero-order valence-electron chi connectivity index (χ0n) is 19.6. The molecule has 0 aliphatic heterocycles. The number of fused-ring (bicyclic) bond motifs is 4. The standard InChI is InChI=1S/C25H33N5O2S2/c31-20(18-11-14-5-7-16(18)9-14)13-23-29-27-21(33-23)3-1-2-4-22-28-30-25(34-22)26-24(32)19-12-15-6-8-17(19)10-15/h14-19H,1-13H2,(H,26,30,32). The van der Waals surface area contributed by atoms with Crippen LogP contribution < -0.4 is 5.32 Å². The number of hydrogen-bond acceptors (Lipinski definition) is 8. The first-order valence-corrected chi connectivity index (χ1v) is 14.7. The second kappa shape index (κ2) is 9.72. The summed E-state index contributed by atoms with van der Waals surface area (Å²) in [5, 5.41) is 23.6. The van der Waals surface area contributed by atoms with E-state index in [0.717, 1.165) is 65.4 Å². The van der Waals surface area contributed by atoms with Crippen molar-refractivity contribution in [3.05, 3.63) is 15.0 Å². The number of nitrogens with zero attached hydrogens (tertiary/aromatic N) is 4. The van der Waals surface area contributed by atoms with Gasteiger partial charge >= 0.3 is 0 Å². The zero-order valence-corrected chi connectivity index (χ0v) is 21.2. The van der Waals surface area contributed by atoms with Gasteiger partial charge in [-0.1, -0.05) is 24.2 Å². The Morgan fingerprint density at radius 3 is 2.00 bits per heavy atom. The van der Waals surface area contributed by atoms with Gasteiger partial charge in [0.25, 0.3) is 0 Å². The lowest BCUT2D eigenvalue weighted by atomic mass is 9.85. The second-order valence-corrected chi connectivity index (χ2v) is 13.2. The molecule has 2 heterocycles. The minimum atomic E-state index is 0.140. The summed E-state index contributed by atoms with van der Waals surface area (Å²) in [5.41, 5.74) is 0. The fourth-order valence-electron chi connectivity index (χ4n) is 7.10. The molecule has 0 radical (unpaired) electrons. The van der Waals surface area contributed by atoms with Crippen molar-refractivity contribution in [3.63, 3.8) is 0 Å². The van der Waals surface area contributed by atoms with E-state index in [1.807, 2.05) is 0 Å². The number of aryl methyl sites for hydroxylation is 2. The van der Waals surface area contributed by atoms with Crippen LogP contribution in [0, 0.1) is 35.5 Å². The van der Waals surface area contributed by atoms with Crippen molar-refractivity contribution in [2.75, 3.05) is 5.32 Å². The van der Waals surface area contributed by atoms with Gasteiger partial charge in [0.2, 0.25) is 11.0 Å². The molecule has 1 N–H and O–H groups in total. The van der Waals surface area contributed by atoms with E-state index in [9.17, 15) is 9.59 Å². The molecule has 0 aromatic carbocycles. The Labute approximate surface area is 208 Å². The van der Waals surface area contributed by atoms with Crippen molar-refractivity contribution in [2.45, 2.75) is 83.5 Å². The van der Waals surface area contributed by atoms with Crippen LogP contribution in [0.1, 0.15) is 79.2 Å². The first-order valence-electron chi connectivity index (χ1n) is 13.1. The zero-order chi connectivity index (χ0) is 23.1. The molecular weight excluding hydrogens is 466 g/mol. The monoisotopic (exact) mass is 499 g/mol. The van der Waals surface area contributed by atoms with Gasteiger partial charge in [0.1, 0.15) is 20.8 Å². The number of rotatable bonds is 10. The van der Waals surface area contributed by atoms with Gasteiger partial charge in [0.05, 0.1) is 6.42 Å². The number of carbonyl (C=O) groups is 2. The number of anilines is 1. The second-order valence-electron chi connectivity index (χ2n) is 11.0. The minimum Gasteiger partial charge on any atom is -0.300 e. The van der Waals surface area contributed by atoms with Crippen molar-refractivity contribution in [2.24, 2.45) is 35.5 Å². The van der Waals surface area contributed by atoms with E-state index in [-0.39, 0.29) is 17.7 Å². The fourth-order valence-corrected chi connectivity index (χ4v) is 8.78. The molecule has 4 aliphatic carbocycles. The van der Waals surface area contributed by atoms with E-state index in [2.05, 4.69) is 25.7 Å². The Kier molecular flexibility index (Phi) is 6.49. The number of hydrogen-bond donors (Lipinski definition) is 1. The highest BCUT2D eigenvalue weighted by Gasteiger charge is 2.44. The lowest BCUT2D eigenvalue weighted by Crippen LogP contribution is -2.27. The van der Waals surface area contributed by atoms with Gasteiger partial charge in [-0.15, -0.1) is 31.7 Å². The number of unbranched alkanes of at least 4 members (excludes halogenated alkanes) is 1. The predicted octanol–water partition coefficient (Wildman–Crippen LogP) is 4.88. The van der Waals surface area contributed by atoms with Crippen molar-refractivity contribution in [1.29, 1.82) is 0 Å². The minimum absolute atomic E-state index is 0.140. The number of amides is 1. The summed E-state index contributed by atoms with van der Waals surface area (Å²) >= 11 is 3.10. The Bertz CT molecular complexity index is 970. The molecule has 182 valence electrons. The average Bonchev–Trinajstić information content (AvgIpc) is 3.65. The maximum atomic E-state index is 12.7. The van der Waals surface area contributed by atoms with Crippen molar-refractivity contribution >= 4 is 39.5 Å². The van der Waals surface area contributed by atoms with Crippen LogP contribution in [0.15, 0.2) is 0 Å². The molecule has 34 heavy (non-hydrogen) atoms. The number of Topliss-reactive ketones (excluding diaryl/α,β-unsaturated/α-hetero) is 1. The number of ketones is 1. The Hall–Kier alpha value is -1.74. The van der Waals surface area contributed by atoms with Crippen LogP contribution in [-0.4, -0.2) is 32.1 Å². The van der Waals surface area contributed by atoms with Crippen LogP contribution in [0.25, 0.3) is 0 Å². The summed E-state index contributed by atoms with van der Waals surface area (Å²) < 4.78 is 0. The summed E-state index contributed by atoms with van der Waals surface area (Å²) in [6, 6.07) is 0. The summed E-state index contributed by atoms with van der Waals surface area (Å²) in [5.74, 6) is 3.75. The van der Waals surface area contributed by atoms with Gasteiger partial charge in [-0.3, -0.25) is 9.59 Å². The maximum absolute atomic E-state index is 12.7. The highest BCUT2D eigenvalue weighted by atomic mass is 32.1. The lowest BCUT2D eigenvalue weighted by molar-refractivity contribution is -0.123. The third-order valence-electron chi connectivity index (χ3n) is 8.79. The molecule has 2 aromatic rings. The van der Waals surface area contributed by atoms with Gasteiger partial charge in [-0.25, -0.2) is 0 Å². The quantitative estimate of drug-likeness (QED) is 0.468. The van der Waals surface area contributed by atoms with Crippen LogP contribution in [0.3, 0.4) is 0 Å². The van der Waals surface area contributed by atoms with Gasteiger partial charge in [-0.2, -0.15) is 0 Å². The molecule has 4 saturated carbocycles. The molecule has 0 saturated heterocycles. The summed E-state index contributed by atoms with van der Waals surface area (Å²) in [6.07, 6.45) is 13.9. The highest BCUT2D eigenvalue weighted by Crippen LogP contribution is 2.49. The van der Waals surface area contributed by atoms with Gasteiger partial charge in [0, 0.05) is 24.7 Å². The van der Waals surface area contributed by atoms with Crippen LogP contribution >= 0.6 is 22.7 Å². The Morgan fingerprint density at radius 2 is 1.35 bits per heavy atom. The van der Waals surface area contributed by atoms with E-state index in [0.29, 0.717) is 29.2 Å². The molecule has 4 aliphatic rings. The molecule has 2 aromatic heterocycles. The molecule has 4 bridgehead atoms. The number of aromatic nitrogens is 4. The van der Waals surface area contributed by atoms with Gasteiger partial charge < -0.3 is 5.32 Å². The van der Waals surface area contributed by atoms with Crippen LogP contribution in [-0.2, 0) is 28.9 Å². The van der Waals surface area contributed by atoms with Crippen LogP contribution in [0.4, 0.5) is 5.13 Å². The van der Waals surface area contributed by atoms with Gasteiger partial charge in [-0.05, 0) is 75.0 Å². The third kappa shape index (κ3) is 4.83. The molecule has 4 fully saturated rings. The Balaban J connectivity index is 0.911. The number of carbonyl (C=O) groups excluding carboxylic acids is 2. The number of nitrogens with one attached hydrogen (secondary N) is 1. The lowest BCUT2D eigenvalue weighted by Gasteiger charge is -2.19. The molecule has 7 nitrogen and oxygen atoms in total. The predicted molar refractivity (Wildman–Crippen MR) is 132 cm³/mol. The maximum Gasteiger partial charge on any atom is 0.229 e. The van der Waals surface area contributed by atoms with E-state index < -0.39 is 0 Å². The molecular formula is C25H33N5O2S2. The molecule has 1 amide bonds. The van der Waals surface area contributed by atoms with Crippen molar-refractivity contribution < 1.29 is 9.59 Å². The molecule has 0 spiro atoms. The van der Waals surface area contributed by atoms with Gasteiger partial charge in [0.15, 0.2) is 0 Å². The van der Waals surface area contributed by atoms with E-state index in [4.69, 9.17) is 0 Å². The summed E-state index contributed by atoms with van der Waals surface area (Å²) in [6.45, 7) is 0. The van der Waals surface area contributed by atoms with Crippen molar-refractivity contribution in [3.8, 4) is 0 Å². The Morgan fingerprint density at radius 1 is 0.735 bits per heavy atom. The first kappa shape index (κ1) is 22.7. The van der Waals surface area contributed by atoms with E-state index in [1.165, 1.54) is 49.9 Å². The summed E-state index contributed by atoms with van der Waals surface area (Å²) in [4.78, 5) is 25.3. The largest absolute Gasteiger partial charge is 0.300 e. The topological polar surface area (TPSA) is 97.7 Å². The molecule has 6 unspecified atom stereocenters. The van der Waals surface area contributed by atoms with Crippen LogP contribution in [0.2, 0.25) is 0 Å². The van der Waals surface area contributed by atoms with E-state index in [1.54, 1.807) is 11.3 Å². The van der Waals surface area contributed by atoms with Crippen LogP contribution in [0.5, 0.6) is 0 Å². The van der Waals surface area contributed by atoms with Crippen molar-refractivity contribution in [1.82, 2.24) is 20.4 Å². The fraction of sp³-hybridized carbons (Fsp3) is 0.760. The summed E-state index contributed by atoms with van der Waals surface area (Å²) in [7, 11) is 0. The highest BCUT2D eigenvalue weighted by molar-refractivity contribution is 7.15. The third-order valence-corrected chi connectivity index (χ3v) is 10.7. The normalized spacial score (nSPS) is 31.4. The van der Waals surface area contributed by atoms with E-state index >= 15 is 0 Å².